The van der Waals surface area contributed by atoms with E-state index in [1.54, 1.807) is 0 Å². The maximum Gasteiger partial charge on any atom is -0.0294 e. The van der Waals surface area contributed by atoms with Crippen LogP contribution in [0.4, 0.5) is 0 Å². The summed E-state index contributed by atoms with van der Waals surface area (Å²) in [6, 6.07) is 0. The first-order valence-electron chi connectivity index (χ1n) is 7.57. The fraction of sp³-hybridized carbons (Fsp3) is 0.765. The lowest BCUT2D eigenvalue weighted by molar-refractivity contribution is 0.389. The molecule has 0 nitrogen and oxygen atoms in total. The Bertz CT molecular complexity index is 200. The van der Waals surface area contributed by atoms with Crippen LogP contribution in [0, 0.1) is 11.8 Å². The topological polar surface area (TPSA) is 0 Å². The summed E-state index contributed by atoms with van der Waals surface area (Å²) in [7, 11) is 0. The lowest BCUT2D eigenvalue weighted by Gasteiger charge is -2.13. The highest BCUT2D eigenvalue weighted by molar-refractivity contribution is 5.05. The summed E-state index contributed by atoms with van der Waals surface area (Å²) in [6.07, 6.45) is 9.45. The Hall–Kier alpha value is -0.520. The van der Waals surface area contributed by atoms with Crippen LogP contribution in [0.1, 0.15) is 72.6 Å². The van der Waals surface area contributed by atoms with E-state index < -0.39 is 0 Å². The van der Waals surface area contributed by atoms with Gasteiger partial charge in [0.2, 0.25) is 0 Å². The SMILES string of the molecule is C=C1CCC(CC2CCC(=C)C2)C1.CC.CC. The molecule has 0 aromatic carbocycles. The first-order valence-corrected chi connectivity index (χ1v) is 7.57. The van der Waals surface area contributed by atoms with Crippen LogP contribution in [0.5, 0.6) is 0 Å². The predicted octanol–water partition coefficient (Wildman–Crippen LogP) is 6.14. The van der Waals surface area contributed by atoms with Crippen LogP contribution in [-0.2, 0) is 0 Å². The fourth-order valence-corrected chi connectivity index (χ4v) is 2.92. The molecule has 0 amide bonds. The normalized spacial score (nSPS) is 27.1. The van der Waals surface area contributed by atoms with Crippen molar-refractivity contribution in [1.29, 1.82) is 0 Å². The van der Waals surface area contributed by atoms with Gasteiger partial charge in [0.15, 0.2) is 0 Å². The molecule has 0 bridgehead atoms. The van der Waals surface area contributed by atoms with Crippen molar-refractivity contribution >= 4 is 0 Å². The Kier molecular flexibility index (Phi) is 9.21. The quantitative estimate of drug-likeness (QED) is 0.505. The molecule has 2 rings (SSSR count). The third-order valence-corrected chi connectivity index (χ3v) is 3.63. The second-order valence-corrected chi connectivity index (χ2v) is 4.95. The summed E-state index contributed by atoms with van der Waals surface area (Å²) in [4.78, 5) is 0. The average molecular weight is 236 g/mol. The summed E-state index contributed by atoms with van der Waals surface area (Å²) < 4.78 is 0. The van der Waals surface area contributed by atoms with Crippen LogP contribution in [-0.4, -0.2) is 0 Å². The average Bonchev–Trinajstić information content (AvgIpc) is 2.94. The fourth-order valence-electron chi connectivity index (χ4n) is 2.92. The Morgan fingerprint density at radius 1 is 0.824 bits per heavy atom. The molecule has 0 aliphatic heterocycles. The van der Waals surface area contributed by atoms with Crippen LogP contribution in [0.25, 0.3) is 0 Å². The van der Waals surface area contributed by atoms with Gasteiger partial charge in [-0.2, -0.15) is 0 Å². The standard InChI is InChI=1S/C13H20.2C2H6/c1-10-3-5-12(7-10)9-13-6-4-11(2)8-13;2*1-2/h12-13H,1-9H2;2*1-2H3. The number of hydrogen-bond donors (Lipinski definition) is 0. The van der Waals surface area contributed by atoms with Gasteiger partial charge >= 0.3 is 0 Å². The van der Waals surface area contributed by atoms with Crippen molar-refractivity contribution in [1.82, 2.24) is 0 Å². The van der Waals surface area contributed by atoms with Crippen molar-refractivity contribution in [3.63, 3.8) is 0 Å². The van der Waals surface area contributed by atoms with Gasteiger partial charge in [-0.15, -0.1) is 0 Å². The highest BCUT2D eigenvalue weighted by Gasteiger charge is 2.25. The molecule has 2 fully saturated rings. The summed E-state index contributed by atoms with van der Waals surface area (Å²) in [5.41, 5.74) is 2.98. The third kappa shape index (κ3) is 6.10. The van der Waals surface area contributed by atoms with E-state index in [-0.39, 0.29) is 0 Å². The molecule has 17 heavy (non-hydrogen) atoms. The zero-order chi connectivity index (χ0) is 13.3. The summed E-state index contributed by atoms with van der Waals surface area (Å²) in [5.74, 6) is 1.92. The van der Waals surface area contributed by atoms with Gasteiger partial charge in [0.05, 0.1) is 0 Å². The van der Waals surface area contributed by atoms with Gasteiger partial charge in [0, 0.05) is 0 Å². The monoisotopic (exact) mass is 236 g/mol. The largest absolute Gasteiger partial charge is 0.0999 e. The molecule has 0 heterocycles. The zero-order valence-corrected chi connectivity index (χ0v) is 12.5. The zero-order valence-electron chi connectivity index (χ0n) is 12.5. The molecule has 0 N–H and O–H groups in total. The van der Waals surface area contributed by atoms with E-state index in [2.05, 4.69) is 13.2 Å². The number of rotatable bonds is 2. The van der Waals surface area contributed by atoms with Gasteiger partial charge in [0.1, 0.15) is 0 Å². The first-order chi connectivity index (χ1) is 8.24. The Morgan fingerprint density at radius 2 is 1.18 bits per heavy atom. The van der Waals surface area contributed by atoms with Gasteiger partial charge in [-0.05, 0) is 56.8 Å². The van der Waals surface area contributed by atoms with Crippen LogP contribution in [0.15, 0.2) is 24.3 Å². The Morgan fingerprint density at radius 3 is 1.41 bits per heavy atom. The molecule has 0 saturated heterocycles. The van der Waals surface area contributed by atoms with Crippen molar-refractivity contribution in [2.75, 3.05) is 0 Å². The van der Waals surface area contributed by atoms with E-state index in [0.717, 1.165) is 11.8 Å². The van der Waals surface area contributed by atoms with E-state index in [0.29, 0.717) is 0 Å². The van der Waals surface area contributed by atoms with E-state index in [1.807, 2.05) is 27.7 Å². The van der Waals surface area contributed by atoms with Crippen LogP contribution < -0.4 is 0 Å². The van der Waals surface area contributed by atoms with E-state index in [1.165, 1.54) is 56.1 Å². The Balaban J connectivity index is 0.000000581. The second-order valence-electron chi connectivity index (χ2n) is 4.95. The summed E-state index contributed by atoms with van der Waals surface area (Å²) >= 11 is 0. The lowest BCUT2D eigenvalue weighted by Crippen LogP contribution is -2.02. The second kappa shape index (κ2) is 9.50. The van der Waals surface area contributed by atoms with Crippen LogP contribution in [0.2, 0.25) is 0 Å². The molecule has 0 radical (unpaired) electrons. The summed E-state index contributed by atoms with van der Waals surface area (Å²) in [6.45, 7) is 16.2. The van der Waals surface area contributed by atoms with Gasteiger partial charge in [-0.25, -0.2) is 0 Å². The van der Waals surface area contributed by atoms with Crippen molar-refractivity contribution in [2.45, 2.75) is 72.6 Å². The molecule has 0 aromatic heterocycles. The molecule has 100 valence electrons. The molecule has 2 saturated carbocycles. The van der Waals surface area contributed by atoms with Crippen molar-refractivity contribution < 1.29 is 0 Å². The molecule has 0 aromatic rings. The molecular formula is C17H32. The van der Waals surface area contributed by atoms with Crippen molar-refractivity contribution in [3.05, 3.63) is 24.3 Å². The number of hydrogen-bond acceptors (Lipinski definition) is 0. The predicted molar refractivity (Wildman–Crippen MR) is 80.3 cm³/mol. The van der Waals surface area contributed by atoms with Gasteiger partial charge in [-0.1, -0.05) is 52.0 Å². The third-order valence-electron chi connectivity index (χ3n) is 3.63. The molecule has 2 aliphatic carbocycles. The highest BCUT2D eigenvalue weighted by atomic mass is 14.3. The molecule has 2 unspecified atom stereocenters. The van der Waals surface area contributed by atoms with E-state index in [9.17, 15) is 0 Å². The minimum Gasteiger partial charge on any atom is -0.0999 e. The van der Waals surface area contributed by atoms with E-state index in [4.69, 9.17) is 0 Å². The van der Waals surface area contributed by atoms with Gasteiger partial charge < -0.3 is 0 Å². The minimum atomic E-state index is 0.961. The molecule has 0 spiro atoms. The minimum absolute atomic E-state index is 0.961. The smallest absolute Gasteiger partial charge is 0.0294 e. The van der Waals surface area contributed by atoms with Crippen LogP contribution in [0.3, 0.4) is 0 Å². The maximum atomic E-state index is 4.08. The number of allylic oxidation sites excluding steroid dienone is 2. The Labute approximate surface area is 109 Å². The molecule has 2 aliphatic rings. The van der Waals surface area contributed by atoms with Crippen LogP contribution >= 0.6 is 0 Å². The van der Waals surface area contributed by atoms with Crippen molar-refractivity contribution in [2.24, 2.45) is 11.8 Å². The molecule has 2 atom stereocenters. The highest BCUT2D eigenvalue weighted by Crippen LogP contribution is 2.39. The first kappa shape index (κ1) is 16.5. The van der Waals surface area contributed by atoms with Crippen molar-refractivity contribution in [3.8, 4) is 0 Å². The molecule has 0 heteroatoms. The van der Waals surface area contributed by atoms with Gasteiger partial charge in [-0.3, -0.25) is 0 Å². The van der Waals surface area contributed by atoms with E-state index >= 15 is 0 Å². The molecular weight excluding hydrogens is 204 g/mol. The lowest BCUT2D eigenvalue weighted by atomic mass is 9.92. The van der Waals surface area contributed by atoms with Gasteiger partial charge in [0.25, 0.3) is 0 Å². The summed E-state index contributed by atoms with van der Waals surface area (Å²) in [5, 5.41) is 0. The maximum absolute atomic E-state index is 4.08.